The lowest BCUT2D eigenvalue weighted by molar-refractivity contribution is 0.102. The average Bonchev–Trinajstić information content (AvgIpc) is 2.76. The standard InChI is InChI=1S/C24H24N2O4/c1-3-29-22-15-20(26-24(28)17-10-6-5-7-11-17)23(30-4-2)14-19(22)25-16-18-12-8-9-13-21(18)27/h5-16,27H,3-4H2,1-2H3,(H,26,28). The molecule has 0 aliphatic carbocycles. The van der Waals surface area contributed by atoms with Gasteiger partial charge in [0.2, 0.25) is 0 Å². The zero-order chi connectivity index (χ0) is 21.3. The Kier molecular flexibility index (Phi) is 7.05. The number of nitrogens with zero attached hydrogens (tertiary/aromatic N) is 1. The summed E-state index contributed by atoms with van der Waals surface area (Å²) in [5, 5.41) is 12.8. The summed E-state index contributed by atoms with van der Waals surface area (Å²) in [6.07, 6.45) is 1.56. The van der Waals surface area contributed by atoms with E-state index in [0.29, 0.717) is 47.2 Å². The molecule has 2 N–H and O–H groups in total. The van der Waals surface area contributed by atoms with Crippen LogP contribution in [-0.2, 0) is 0 Å². The highest BCUT2D eigenvalue weighted by atomic mass is 16.5. The Bertz CT molecular complexity index is 1030. The number of phenols is 1. The number of ether oxygens (including phenoxy) is 2. The average molecular weight is 404 g/mol. The van der Waals surface area contributed by atoms with Gasteiger partial charge in [-0.2, -0.15) is 0 Å². The lowest BCUT2D eigenvalue weighted by Gasteiger charge is -2.15. The number of hydrogen-bond donors (Lipinski definition) is 2. The van der Waals surface area contributed by atoms with Crippen LogP contribution in [0.15, 0.2) is 71.7 Å². The highest BCUT2D eigenvalue weighted by molar-refractivity contribution is 6.05. The van der Waals surface area contributed by atoms with Gasteiger partial charge < -0.3 is 19.9 Å². The van der Waals surface area contributed by atoms with Crippen molar-refractivity contribution in [3.8, 4) is 17.2 Å². The molecule has 3 aromatic carbocycles. The van der Waals surface area contributed by atoms with Crippen LogP contribution in [0.2, 0.25) is 0 Å². The summed E-state index contributed by atoms with van der Waals surface area (Å²) in [6, 6.07) is 19.3. The molecule has 0 heterocycles. The second-order valence-electron chi connectivity index (χ2n) is 6.32. The Hall–Kier alpha value is -3.80. The molecule has 0 saturated carbocycles. The fraction of sp³-hybridized carbons (Fsp3) is 0.167. The van der Waals surface area contributed by atoms with Crippen molar-refractivity contribution in [3.05, 3.63) is 77.9 Å². The highest BCUT2D eigenvalue weighted by Crippen LogP contribution is 2.39. The van der Waals surface area contributed by atoms with Crippen LogP contribution >= 0.6 is 0 Å². The van der Waals surface area contributed by atoms with Crippen LogP contribution in [-0.4, -0.2) is 30.4 Å². The van der Waals surface area contributed by atoms with Gasteiger partial charge >= 0.3 is 0 Å². The third kappa shape index (κ3) is 5.17. The Morgan fingerprint density at radius 1 is 0.967 bits per heavy atom. The van der Waals surface area contributed by atoms with Crippen molar-refractivity contribution in [2.75, 3.05) is 18.5 Å². The van der Waals surface area contributed by atoms with E-state index in [1.807, 2.05) is 26.0 Å². The second-order valence-corrected chi connectivity index (χ2v) is 6.32. The number of anilines is 1. The number of carbonyl (C=O) groups excluding carboxylic acids is 1. The maximum Gasteiger partial charge on any atom is 0.255 e. The number of rotatable bonds is 8. The number of hydrogen-bond acceptors (Lipinski definition) is 5. The monoisotopic (exact) mass is 404 g/mol. The first-order chi connectivity index (χ1) is 14.6. The number of nitrogens with one attached hydrogen (secondary N) is 1. The molecule has 0 bridgehead atoms. The van der Waals surface area contributed by atoms with E-state index in [9.17, 15) is 9.90 Å². The Morgan fingerprint density at radius 3 is 2.33 bits per heavy atom. The first kappa shape index (κ1) is 20.9. The van der Waals surface area contributed by atoms with Crippen molar-refractivity contribution in [1.29, 1.82) is 0 Å². The first-order valence-electron chi connectivity index (χ1n) is 9.74. The van der Waals surface area contributed by atoms with Crippen LogP contribution in [0.3, 0.4) is 0 Å². The number of carbonyl (C=O) groups is 1. The fourth-order valence-electron chi connectivity index (χ4n) is 2.81. The summed E-state index contributed by atoms with van der Waals surface area (Å²) in [5.41, 5.74) is 2.15. The molecule has 0 radical (unpaired) electrons. The summed E-state index contributed by atoms with van der Waals surface area (Å²) in [6.45, 7) is 4.59. The molecule has 154 valence electrons. The number of aliphatic imine (C=N–C) groups is 1. The Morgan fingerprint density at radius 2 is 1.63 bits per heavy atom. The highest BCUT2D eigenvalue weighted by Gasteiger charge is 2.15. The third-order valence-corrected chi connectivity index (χ3v) is 4.22. The summed E-state index contributed by atoms with van der Waals surface area (Å²) >= 11 is 0. The van der Waals surface area contributed by atoms with Crippen LogP contribution in [0.5, 0.6) is 17.2 Å². The third-order valence-electron chi connectivity index (χ3n) is 4.22. The maximum atomic E-state index is 12.6. The van der Waals surface area contributed by atoms with Gasteiger partial charge in [0.05, 0.1) is 18.9 Å². The molecule has 6 nitrogen and oxygen atoms in total. The fourth-order valence-corrected chi connectivity index (χ4v) is 2.81. The van der Waals surface area contributed by atoms with E-state index in [1.165, 1.54) is 0 Å². The van der Waals surface area contributed by atoms with Gasteiger partial charge in [-0.05, 0) is 38.1 Å². The van der Waals surface area contributed by atoms with Gasteiger partial charge in [-0.1, -0.05) is 30.3 Å². The molecular formula is C24H24N2O4. The zero-order valence-electron chi connectivity index (χ0n) is 17.0. The van der Waals surface area contributed by atoms with Crippen molar-refractivity contribution in [2.24, 2.45) is 4.99 Å². The van der Waals surface area contributed by atoms with Crippen molar-refractivity contribution in [1.82, 2.24) is 0 Å². The lowest BCUT2D eigenvalue weighted by atomic mass is 10.2. The molecule has 0 fully saturated rings. The summed E-state index contributed by atoms with van der Waals surface area (Å²) < 4.78 is 11.5. The molecule has 3 rings (SSSR count). The van der Waals surface area contributed by atoms with E-state index in [1.54, 1.807) is 60.8 Å². The zero-order valence-corrected chi connectivity index (χ0v) is 17.0. The number of para-hydroxylation sites is 1. The number of amides is 1. The van der Waals surface area contributed by atoms with Gasteiger partial charge in [0.15, 0.2) is 0 Å². The molecule has 0 unspecified atom stereocenters. The minimum absolute atomic E-state index is 0.135. The van der Waals surface area contributed by atoms with E-state index in [2.05, 4.69) is 10.3 Å². The van der Waals surface area contributed by atoms with Crippen molar-refractivity contribution >= 4 is 23.5 Å². The molecule has 0 spiro atoms. The lowest BCUT2D eigenvalue weighted by Crippen LogP contribution is -2.13. The van der Waals surface area contributed by atoms with Crippen LogP contribution in [0, 0.1) is 0 Å². The molecule has 0 aliphatic rings. The van der Waals surface area contributed by atoms with Gasteiger partial charge in [-0.25, -0.2) is 0 Å². The van der Waals surface area contributed by atoms with E-state index in [0.717, 1.165) is 0 Å². The van der Waals surface area contributed by atoms with Crippen molar-refractivity contribution in [3.63, 3.8) is 0 Å². The van der Waals surface area contributed by atoms with Crippen LogP contribution in [0.4, 0.5) is 11.4 Å². The minimum Gasteiger partial charge on any atom is -0.507 e. The first-order valence-corrected chi connectivity index (χ1v) is 9.74. The topological polar surface area (TPSA) is 80.2 Å². The van der Waals surface area contributed by atoms with Crippen molar-refractivity contribution in [2.45, 2.75) is 13.8 Å². The van der Waals surface area contributed by atoms with Crippen LogP contribution in [0.25, 0.3) is 0 Å². The summed E-state index contributed by atoms with van der Waals surface area (Å²) in [7, 11) is 0. The second kappa shape index (κ2) is 10.1. The van der Waals surface area contributed by atoms with Crippen LogP contribution in [0.1, 0.15) is 29.8 Å². The number of benzene rings is 3. The van der Waals surface area contributed by atoms with E-state index in [-0.39, 0.29) is 11.7 Å². The smallest absolute Gasteiger partial charge is 0.255 e. The van der Waals surface area contributed by atoms with E-state index in [4.69, 9.17) is 9.47 Å². The van der Waals surface area contributed by atoms with E-state index < -0.39 is 0 Å². The van der Waals surface area contributed by atoms with Gasteiger partial charge in [-0.3, -0.25) is 9.79 Å². The molecule has 3 aromatic rings. The molecule has 6 heteroatoms. The normalized spacial score (nSPS) is 10.7. The summed E-state index contributed by atoms with van der Waals surface area (Å²) in [4.78, 5) is 17.1. The largest absolute Gasteiger partial charge is 0.507 e. The summed E-state index contributed by atoms with van der Waals surface area (Å²) in [5.74, 6) is 0.867. The Labute approximate surface area is 175 Å². The SMILES string of the molecule is CCOc1cc(NC(=O)c2ccccc2)c(OCC)cc1N=Cc1ccccc1O. The number of aromatic hydroxyl groups is 1. The van der Waals surface area contributed by atoms with Crippen molar-refractivity contribution < 1.29 is 19.4 Å². The van der Waals surface area contributed by atoms with E-state index >= 15 is 0 Å². The molecule has 0 aliphatic heterocycles. The molecule has 0 atom stereocenters. The maximum absolute atomic E-state index is 12.6. The molecule has 1 amide bonds. The molecular weight excluding hydrogens is 380 g/mol. The quantitative estimate of drug-likeness (QED) is 0.506. The Balaban J connectivity index is 1.96. The van der Waals surface area contributed by atoms with Gasteiger partial charge in [0.1, 0.15) is 22.9 Å². The predicted molar refractivity (Wildman–Crippen MR) is 119 cm³/mol. The van der Waals surface area contributed by atoms with Gasteiger partial charge in [0, 0.05) is 29.5 Å². The van der Waals surface area contributed by atoms with Crippen LogP contribution < -0.4 is 14.8 Å². The van der Waals surface area contributed by atoms with Gasteiger partial charge in [0.25, 0.3) is 5.91 Å². The molecule has 0 aromatic heterocycles. The van der Waals surface area contributed by atoms with Gasteiger partial charge in [-0.15, -0.1) is 0 Å². The number of phenolic OH excluding ortho intramolecular Hbond substituents is 1. The minimum atomic E-state index is -0.246. The molecule has 30 heavy (non-hydrogen) atoms. The predicted octanol–water partition coefficient (Wildman–Crippen LogP) is 5.19. The molecule has 0 saturated heterocycles.